The smallest absolute Gasteiger partial charge is 0.254 e. The van der Waals surface area contributed by atoms with Crippen LogP contribution in [0.15, 0.2) is 38.9 Å². The molecule has 0 unspecified atom stereocenters. The van der Waals surface area contributed by atoms with E-state index >= 15 is 0 Å². The maximum absolute atomic E-state index is 11.9. The number of thiophene rings is 1. The van der Waals surface area contributed by atoms with Gasteiger partial charge >= 0.3 is 0 Å². The van der Waals surface area contributed by atoms with E-state index in [4.69, 9.17) is 0 Å². The topological polar surface area (TPSA) is 42.0 Å². The zero-order valence-electron chi connectivity index (χ0n) is 9.32. The molecule has 18 heavy (non-hydrogen) atoms. The van der Waals surface area contributed by atoms with Crippen molar-refractivity contribution >= 4 is 49.1 Å². The minimum absolute atomic E-state index is 0.106. The van der Waals surface area contributed by atoms with Gasteiger partial charge in [-0.15, -0.1) is 11.3 Å². The van der Waals surface area contributed by atoms with Gasteiger partial charge in [-0.1, -0.05) is 0 Å². The molecule has 0 aromatic carbocycles. The fraction of sp³-hybridized carbons (Fsp3) is 0.167. The van der Waals surface area contributed by atoms with Gasteiger partial charge in [0, 0.05) is 17.6 Å². The molecule has 1 N–H and O–H groups in total. The minimum atomic E-state index is -0.106. The number of hydrogen-bond donors (Lipinski definition) is 1. The quantitative estimate of drug-likeness (QED) is 0.811. The highest BCUT2D eigenvalue weighted by Crippen LogP contribution is 2.22. The van der Waals surface area contributed by atoms with Crippen LogP contribution in [0.3, 0.4) is 0 Å². The largest absolute Gasteiger partial charge is 0.352 e. The second-order valence-electron chi connectivity index (χ2n) is 3.55. The van der Waals surface area contributed by atoms with E-state index in [1.54, 1.807) is 29.7 Å². The maximum Gasteiger partial charge on any atom is 0.254 e. The molecule has 2 aromatic heterocycles. The van der Waals surface area contributed by atoms with Crippen LogP contribution in [0.25, 0.3) is 0 Å². The monoisotopic (exact) mass is 388 g/mol. The molecule has 0 saturated carbocycles. The highest BCUT2D eigenvalue weighted by Gasteiger charge is 2.09. The van der Waals surface area contributed by atoms with Crippen molar-refractivity contribution in [1.29, 1.82) is 0 Å². The lowest BCUT2D eigenvalue weighted by atomic mass is 10.2. The summed E-state index contributed by atoms with van der Waals surface area (Å²) >= 11 is 8.36. The summed E-state index contributed by atoms with van der Waals surface area (Å²) in [7, 11) is 0. The number of rotatable bonds is 4. The number of aromatic nitrogens is 1. The van der Waals surface area contributed by atoms with Crippen LogP contribution >= 0.6 is 43.2 Å². The van der Waals surface area contributed by atoms with Crippen LogP contribution in [0.5, 0.6) is 0 Å². The van der Waals surface area contributed by atoms with Crippen molar-refractivity contribution in [3.8, 4) is 0 Å². The fourth-order valence-electron chi connectivity index (χ4n) is 1.44. The number of nitrogens with one attached hydrogen (secondary N) is 1. The van der Waals surface area contributed by atoms with Gasteiger partial charge in [0.1, 0.15) is 4.60 Å². The normalized spacial score (nSPS) is 10.3. The van der Waals surface area contributed by atoms with Crippen LogP contribution in [0.1, 0.15) is 15.2 Å². The molecule has 2 heterocycles. The molecule has 2 rings (SSSR count). The molecule has 3 nitrogen and oxygen atoms in total. The first kappa shape index (κ1) is 13.7. The molecule has 0 spiro atoms. The molecular formula is C12H10Br2N2OS. The minimum Gasteiger partial charge on any atom is -0.352 e. The standard InChI is InChI=1S/C12H10Br2N2OS/c13-10-4-3-8(18-10)5-7-16-12(17)9-2-1-6-15-11(9)14/h1-4,6H,5,7H2,(H,16,17). The van der Waals surface area contributed by atoms with Crippen LogP contribution in [-0.2, 0) is 6.42 Å². The predicted molar refractivity (Wildman–Crippen MR) is 80.0 cm³/mol. The molecule has 2 aromatic rings. The lowest BCUT2D eigenvalue weighted by molar-refractivity contribution is 0.0953. The number of hydrogen-bond acceptors (Lipinski definition) is 3. The molecule has 0 saturated heterocycles. The van der Waals surface area contributed by atoms with Crippen LogP contribution in [0, 0.1) is 0 Å². The number of nitrogens with zero attached hydrogens (tertiary/aromatic N) is 1. The summed E-state index contributed by atoms with van der Waals surface area (Å²) in [6.45, 7) is 0.618. The Kier molecular flexibility index (Phi) is 4.91. The molecule has 0 radical (unpaired) electrons. The van der Waals surface area contributed by atoms with Crippen molar-refractivity contribution in [2.24, 2.45) is 0 Å². The first-order valence-electron chi connectivity index (χ1n) is 5.30. The zero-order valence-corrected chi connectivity index (χ0v) is 13.3. The maximum atomic E-state index is 11.9. The van der Waals surface area contributed by atoms with E-state index in [0.29, 0.717) is 16.7 Å². The Morgan fingerprint density at radius 3 is 2.83 bits per heavy atom. The highest BCUT2D eigenvalue weighted by molar-refractivity contribution is 9.11. The van der Waals surface area contributed by atoms with Crippen LogP contribution in [0.4, 0.5) is 0 Å². The van der Waals surface area contributed by atoms with Crippen LogP contribution in [-0.4, -0.2) is 17.4 Å². The van der Waals surface area contributed by atoms with E-state index in [2.05, 4.69) is 48.2 Å². The van der Waals surface area contributed by atoms with E-state index < -0.39 is 0 Å². The van der Waals surface area contributed by atoms with Gasteiger partial charge in [-0.05, 0) is 62.5 Å². The van der Waals surface area contributed by atoms with Crippen molar-refractivity contribution in [2.75, 3.05) is 6.54 Å². The number of carbonyl (C=O) groups is 1. The lowest BCUT2D eigenvalue weighted by Crippen LogP contribution is -2.26. The molecule has 0 fully saturated rings. The van der Waals surface area contributed by atoms with Gasteiger partial charge in [-0.2, -0.15) is 0 Å². The van der Waals surface area contributed by atoms with Crippen LogP contribution in [0.2, 0.25) is 0 Å². The molecule has 1 amide bonds. The Morgan fingerprint density at radius 1 is 1.33 bits per heavy atom. The number of amides is 1. The van der Waals surface area contributed by atoms with Gasteiger partial charge in [-0.25, -0.2) is 4.98 Å². The van der Waals surface area contributed by atoms with E-state index in [1.807, 2.05) is 6.07 Å². The van der Waals surface area contributed by atoms with E-state index in [1.165, 1.54) is 4.88 Å². The summed E-state index contributed by atoms with van der Waals surface area (Å²) in [4.78, 5) is 17.1. The Morgan fingerprint density at radius 2 is 2.17 bits per heavy atom. The Bertz CT molecular complexity index is 557. The SMILES string of the molecule is O=C(NCCc1ccc(Br)s1)c1cccnc1Br. The van der Waals surface area contributed by atoms with Gasteiger partial charge in [0.2, 0.25) is 0 Å². The Balaban J connectivity index is 1.87. The Labute approximate surface area is 126 Å². The van der Waals surface area contributed by atoms with Gasteiger partial charge in [0.25, 0.3) is 5.91 Å². The molecule has 0 bridgehead atoms. The molecule has 94 valence electrons. The number of halogens is 2. The van der Waals surface area contributed by atoms with Gasteiger partial charge in [0.15, 0.2) is 0 Å². The zero-order chi connectivity index (χ0) is 13.0. The molecule has 0 atom stereocenters. The van der Waals surface area contributed by atoms with Crippen molar-refractivity contribution in [1.82, 2.24) is 10.3 Å². The van der Waals surface area contributed by atoms with E-state index in [0.717, 1.165) is 10.2 Å². The lowest BCUT2D eigenvalue weighted by Gasteiger charge is -2.05. The predicted octanol–water partition coefficient (Wildman–Crippen LogP) is 3.64. The van der Waals surface area contributed by atoms with Crippen LogP contribution < -0.4 is 5.32 Å². The summed E-state index contributed by atoms with van der Waals surface area (Å²) in [5, 5.41) is 2.88. The first-order valence-corrected chi connectivity index (χ1v) is 7.70. The third-order valence-electron chi connectivity index (χ3n) is 2.29. The average Bonchev–Trinajstić information content (AvgIpc) is 2.75. The first-order chi connectivity index (χ1) is 8.66. The molecule has 0 aliphatic heterocycles. The van der Waals surface area contributed by atoms with Crippen molar-refractivity contribution < 1.29 is 4.79 Å². The third-order valence-corrected chi connectivity index (χ3v) is 4.60. The average molecular weight is 390 g/mol. The van der Waals surface area contributed by atoms with Gasteiger partial charge in [-0.3, -0.25) is 4.79 Å². The van der Waals surface area contributed by atoms with E-state index in [-0.39, 0.29) is 5.91 Å². The second kappa shape index (κ2) is 6.45. The third kappa shape index (κ3) is 3.63. The highest BCUT2D eigenvalue weighted by atomic mass is 79.9. The van der Waals surface area contributed by atoms with Gasteiger partial charge < -0.3 is 5.32 Å². The second-order valence-corrected chi connectivity index (χ2v) is 6.85. The molecule has 6 heteroatoms. The summed E-state index contributed by atoms with van der Waals surface area (Å²) in [6.07, 6.45) is 2.48. The fourth-order valence-corrected chi connectivity index (χ4v) is 3.35. The number of pyridine rings is 1. The van der Waals surface area contributed by atoms with Crippen molar-refractivity contribution in [2.45, 2.75) is 6.42 Å². The van der Waals surface area contributed by atoms with Crippen molar-refractivity contribution in [3.05, 3.63) is 49.3 Å². The number of carbonyl (C=O) groups excluding carboxylic acids is 1. The van der Waals surface area contributed by atoms with Gasteiger partial charge in [0.05, 0.1) is 9.35 Å². The van der Waals surface area contributed by atoms with Crippen molar-refractivity contribution in [3.63, 3.8) is 0 Å². The molecule has 0 aliphatic carbocycles. The summed E-state index contributed by atoms with van der Waals surface area (Å²) in [6, 6.07) is 7.56. The Hall–Kier alpha value is -0.720. The summed E-state index contributed by atoms with van der Waals surface area (Å²) in [5.41, 5.74) is 0.560. The van der Waals surface area contributed by atoms with E-state index in [9.17, 15) is 4.79 Å². The molecule has 0 aliphatic rings. The molecular weight excluding hydrogens is 380 g/mol. The summed E-state index contributed by atoms with van der Waals surface area (Å²) < 4.78 is 1.68. The summed E-state index contributed by atoms with van der Waals surface area (Å²) in [5.74, 6) is -0.106.